The summed E-state index contributed by atoms with van der Waals surface area (Å²) in [5.41, 5.74) is 3.66. The van der Waals surface area contributed by atoms with Gasteiger partial charge in [0.1, 0.15) is 5.82 Å². The van der Waals surface area contributed by atoms with Crippen molar-refractivity contribution in [1.29, 1.82) is 0 Å². The number of rotatable bonds is 4. The predicted octanol–water partition coefficient (Wildman–Crippen LogP) is 4.33. The van der Waals surface area contributed by atoms with Crippen molar-refractivity contribution in [3.63, 3.8) is 0 Å². The number of amides is 2. The number of hydrogen-bond donors (Lipinski definition) is 2. The molecule has 3 rings (SSSR count). The Hall–Kier alpha value is -3.41. The molecule has 3 aromatic rings. The minimum Gasteiger partial charge on any atom is -0.347 e. The van der Waals surface area contributed by atoms with E-state index in [1.54, 1.807) is 16.8 Å². The molecule has 0 aliphatic rings. The van der Waals surface area contributed by atoms with Gasteiger partial charge in [0, 0.05) is 23.6 Å². The Bertz CT molecular complexity index is 1030. The number of anilines is 1. The number of aryl methyl sites for hydroxylation is 1. The largest absolute Gasteiger partial charge is 0.347 e. The highest BCUT2D eigenvalue weighted by Gasteiger charge is 2.20. The molecule has 2 N–H and O–H groups in total. The Balaban J connectivity index is 2.02. The number of nitrogens with one attached hydrogen (secondary N) is 2. The Morgan fingerprint density at radius 3 is 2.14 bits per heavy atom. The van der Waals surface area contributed by atoms with Crippen LogP contribution in [0.5, 0.6) is 0 Å². The number of nitrogens with zero attached hydrogens (tertiary/aromatic N) is 2. The van der Waals surface area contributed by atoms with E-state index < -0.39 is 0 Å². The van der Waals surface area contributed by atoms with Crippen LogP contribution in [-0.4, -0.2) is 27.1 Å². The lowest BCUT2D eigenvalue weighted by atomic mass is 10.1. The van der Waals surface area contributed by atoms with Crippen molar-refractivity contribution in [2.75, 3.05) is 5.32 Å². The molecule has 0 unspecified atom stereocenters. The van der Waals surface area contributed by atoms with Crippen molar-refractivity contribution in [2.24, 2.45) is 0 Å². The fourth-order valence-electron chi connectivity index (χ4n) is 3.11. The van der Waals surface area contributed by atoms with Gasteiger partial charge in [-0.1, -0.05) is 30.3 Å². The average Bonchev–Trinajstić information content (AvgIpc) is 2.96. The fourth-order valence-corrected chi connectivity index (χ4v) is 3.11. The maximum Gasteiger partial charge on any atom is 0.251 e. The van der Waals surface area contributed by atoms with E-state index in [1.165, 1.54) is 6.92 Å². The molecule has 0 saturated heterocycles. The van der Waals surface area contributed by atoms with Crippen LogP contribution in [0.2, 0.25) is 0 Å². The Kier molecular flexibility index (Phi) is 5.55. The van der Waals surface area contributed by atoms with E-state index in [0.29, 0.717) is 11.4 Å². The topological polar surface area (TPSA) is 76.0 Å². The van der Waals surface area contributed by atoms with E-state index in [2.05, 4.69) is 15.7 Å². The summed E-state index contributed by atoms with van der Waals surface area (Å²) in [7, 11) is 0. The third kappa shape index (κ3) is 4.71. The zero-order valence-corrected chi connectivity index (χ0v) is 17.4. The molecule has 0 fully saturated rings. The van der Waals surface area contributed by atoms with Crippen molar-refractivity contribution >= 4 is 17.6 Å². The highest BCUT2D eigenvalue weighted by atomic mass is 16.2. The van der Waals surface area contributed by atoms with Crippen LogP contribution in [0.25, 0.3) is 16.8 Å². The van der Waals surface area contributed by atoms with E-state index in [0.717, 1.165) is 22.5 Å². The summed E-state index contributed by atoms with van der Waals surface area (Å²) in [5, 5.41) is 10.5. The van der Waals surface area contributed by atoms with Crippen LogP contribution in [0.4, 0.5) is 5.82 Å². The zero-order chi connectivity index (χ0) is 21.2. The molecule has 0 aliphatic carbocycles. The van der Waals surface area contributed by atoms with Crippen LogP contribution >= 0.6 is 0 Å². The third-order valence-electron chi connectivity index (χ3n) is 4.28. The normalized spacial score (nSPS) is 11.2. The molecule has 1 heterocycles. The summed E-state index contributed by atoms with van der Waals surface area (Å²) in [5.74, 6) is 0.297. The number of hydrogen-bond acceptors (Lipinski definition) is 3. The molecular weight excluding hydrogens is 364 g/mol. The molecule has 0 spiro atoms. The van der Waals surface area contributed by atoms with Crippen molar-refractivity contribution < 1.29 is 9.59 Å². The number of aromatic nitrogens is 2. The highest BCUT2D eigenvalue weighted by Crippen LogP contribution is 2.33. The molecule has 150 valence electrons. The van der Waals surface area contributed by atoms with Gasteiger partial charge in [0.25, 0.3) is 5.91 Å². The first-order chi connectivity index (χ1) is 13.7. The van der Waals surface area contributed by atoms with E-state index >= 15 is 0 Å². The molecule has 6 heteroatoms. The summed E-state index contributed by atoms with van der Waals surface area (Å²) >= 11 is 0. The van der Waals surface area contributed by atoms with Crippen LogP contribution < -0.4 is 10.6 Å². The SMILES string of the molecule is CC(=O)Nc1c(-c2ccccc2)c(C)nn1-c1ccc(C(=O)NC(C)(C)C)cc1. The van der Waals surface area contributed by atoms with Gasteiger partial charge < -0.3 is 10.6 Å². The molecule has 2 amide bonds. The van der Waals surface area contributed by atoms with Crippen LogP contribution in [0, 0.1) is 6.92 Å². The Morgan fingerprint density at radius 2 is 1.59 bits per heavy atom. The maximum atomic E-state index is 12.4. The third-order valence-corrected chi connectivity index (χ3v) is 4.28. The first-order valence-electron chi connectivity index (χ1n) is 9.51. The molecule has 0 radical (unpaired) electrons. The first-order valence-corrected chi connectivity index (χ1v) is 9.51. The standard InChI is InChI=1S/C23H26N4O2/c1-15-20(17-9-7-6-8-10-17)21(24-16(2)28)27(26-15)19-13-11-18(12-14-19)22(29)25-23(3,4)5/h6-14H,1-5H3,(H,24,28)(H,25,29). The van der Waals surface area contributed by atoms with Crippen molar-refractivity contribution in [3.8, 4) is 16.8 Å². The molecule has 0 aliphatic heterocycles. The lowest BCUT2D eigenvalue weighted by molar-refractivity contribution is -0.114. The molecule has 6 nitrogen and oxygen atoms in total. The summed E-state index contributed by atoms with van der Waals surface area (Å²) in [6.07, 6.45) is 0. The van der Waals surface area contributed by atoms with Crippen LogP contribution in [-0.2, 0) is 4.79 Å². The van der Waals surface area contributed by atoms with Gasteiger partial charge in [-0.2, -0.15) is 5.10 Å². The minimum absolute atomic E-state index is 0.132. The molecular formula is C23H26N4O2. The molecule has 0 bridgehead atoms. The van der Waals surface area contributed by atoms with Crippen LogP contribution in [0.1, 0.15) is 43.7 Å². The highest BCUT2D eigenvalue weighted by molar-refractivity contribution is 5.95. The van der Waals surface area contributed by atoms with E-state index in [9.17, 15) is 9.59 Å². The van der Waals surface area contributed by atoms with Gasteiger partial charge in [-0.15, -0.1) is 0 Å². The van der Waals surface area contributed by atoms with Crippen LogP contribution in [0.3, 0.4) is 0 Å². The van der Waals surface area contributed by atoms with Crippen LogP contribution in [0.15, 0.2) is 54.6 Å². The summed E-state index contributed by atoms with van der Waals surface area (Å²) in [6.45, 7) is 9.21. The number of carbonyl (C=O) groups is 2. The van der Waals surface area contributed by atoms with Crippen molar-refractivity contribution in [1.82, 2.24) is 15.1 Å². The van der Waals surface area contributed by atoms with E-state index in [1.807, 2.05) is 70.2 Å². The smallest absolute Gasteiger partial charge is 0.251 e. The van der Waals surface area contributed by atoms with Crippen molar-refractivity contribution in [3.05, 3.63) is 65.9 Å². The van der Waals surface area contributed by atoms with Gasteiger partial charge in [0.05, 0.1) is 11.4 Å². The average molecular weight is 390 g/mol. The van der Waals surface area contributed by atoms with Gasteiger partial charge in [-0.3, -0.25) is 9.59 Å². The van der Waals surface area contributed by atoms with Gasteiger partial charge in [-0.05, 0) is 57.5 Å². The second-order valence-corrected chi connectivity index (χ2v) is 8.02. The predicted molar refractivity (Wildman–Crippen MR) is 115 cm³/mol. The fraction of sp³-hybridized carbons (Fsp3) is 0.261. The van der Waals surface area contributed by atoms with Crippen molar-refractivity contribution in [2.45, 2.75) is 40.2 Å². The minimum atomic E-state index is -0.308. The van der Waals surface area contributed by atoms with Gasteiger partial charge in [0.2, 0.25) is 5.91 Å². The number of benzene rings is 2. The maximum absolute atomic E-state index is 12.4. The van der Waals surface area contributed by atoms with Gasteiger partial charge in [0.15, 0.2) is 0 Å². The second-order valence-electron chi connectivity index (χ2n) is 8.02. The van der Waals surface area contributed by atoms with Gasteiger partial charge in [-0.25, -0.2) is 4.68 Å². The number of carbonyl (C=O) groups excluding carboxylic acids is 2. The molecule has 2 aromatic carbocycles. The van der Waals surface area contributed by atoms with E-state index in [-0.39, 0.29) is 17.4 Å². The first kappa shape index (κ1) is 20.3. The Morgan fingerprint density at radius 1 is 0.966 bits per heavy atom. The Labute approximate surface area is 170 Å². The quantitative estimate of drug-likeness (QED) is 0.696. The van der Waals surface area contributed by atoms with Gasteiger partial charge >= 0.3 is 0 Å². The van der Waals surface area contributed by atoms with E-state index in [4.69, 9.17) is 0 Å². The summed E-state index contributed by atoms with van der Waals surface area (Å²) in [6, 6.07) is 17.0. The monoisotopic (exact) mass is 390 g/mol. The lowest BCUT2D eigenvalue weighted by Crippen LogP contribution is -2.40. The summed E-state index contributed by atoms with van der Waals surface area (Å²) < 4.78 is 1.70. The lowest BCUT2D eigenvalue weighted by Gasteiger charge is -2.20. The molecule has 29 heavy (non-hydrogen) atoms. The molecule has 0 atom stereocenters. The zero-order valence-electron chi connectivity index (χ0n) is 17.4. The summed E-state index contributed by atoms with van der Waals surface area (Å²) in [4.78, 5) is 24.2. The molecule has 0 saturated carbocycles. The second kappa shape index (κ2) is 7.91. The molecule has 1 aromatic heterocycles.